The Kier molecular flexibility index (Phi) is 6.35. The van der Waals surface area contributed by atoms with Crippen LogP contribution in [0.1, 0.15) is 57.9 Å². The van der Waals surface area contributed by atoms with E-state index in [0.29, 0.717) is 0 Å². The quantitative estimate of drug-likeness (QED) is 0.734. The third-order valence-corrected chi connectivity index (χ3v) is 6.34. The van der Waals surface area contributed by atoms with Gasteiger partial charge in [0.25, 0.3) is 0 Å². The Balaban J connectivity index is 1.74. The first-order valence-corrected chi connectivity index (χ1v) is 10.4. The van der Waals surface area contributed by atoms with Crippen LogP contribution in [0.5, 0.6) is 0 Å². The molecule has 2 fully saturated rings. The summed E-state index contributed by atoms with van der Waals surface area (Å²) in [4.78, 5) is 30.2. The Morgan fingerprint density at radius 2 is 1.89 bits per heavy atom. The van der Waals surface area contributed by atoms with Crippen LogP contribution >= 0.6 is 0 Å². The minimum atomic E-state index is -0.388. The second kappa shape index (κ2) is 8.73. The monoisotopic (exact) mass is 368 g/mol. The summed E-state index contributed by atoms with van der Waals surface area (Å²) in [5, 5.41) is 0. The SMILES string of the molecule is CCCCN1CCC[C@@]2(CCCN(C(=O)C=Cc3ccccc3)[C@@H]2C)C1=O. The zero-order valence-electron chi connectivity index (χ0n) is 16.7. The summed E-state index contributed by atoms with van der Waals surface area (Å²) in [7, 11) is 0. The van der Waals surface area contributed by atoms with Crippen molar-refractivity contribution in [2.45, 2.75) is 58.4 Å². The van der Waals surface area contributed by atoms with Gasteiger partial charge in [-0.05, 0) is 50.7 Å². The van der Waals surface area contributed by atoms with Gasteiger partial charge in [-0.1, -0.05) is 43.7 Å². The number of piperidine rings is 2. The van der Waals surface area contributed by atoms with Gasteiger partial charge in [-0.15, -0.1) is 0 Å². The maximum absolute atomic E-state index is 13.3. The number of unbranched alkanes of at least 4 members (excludes halogenated alkanes) is 1. The van der Waals surface area contributed by atoms with Crippen molar-refractivity contribution in [1.82, 2.24) is 9.80 Å². The predicted molar refractivity (Wildman–Crippen MR) is 109 cm³/mol. The lowest BCUT2D eigenvalue weighted by molar-refractivity contribution is -0.158. The number of likely N-dealkylation sites (tertiary alicyclic amines) is 2. The van der Waals surface area contributed by atoms with Crippen LogP contribution in [0.25, 0.3) is 6.08 Å². The lowest BCUT2D eigenvalue weighted by Gasteiger charge is -2.51. The fourth-order valence-electron chi connectivity index (χ4n) is 4.68. The van der Waals surface area contributed by atoms with E-state index in [1.54, 1.807) is 6.08 Å². The molecule has 0 aliphatic carbocycles. The van der Waals surface area contributed by atoms with Crippen molar-refractivity contribution < 1.29 is 9.59 Å². The van der Waals surface area contributed by atoms with E-state index in [0.717, 1.165) is 63.7 Å². The van der Waals surface area contributed by atoms with Crippen LogP contribution in [0.3, 0.4) is 0 Å². The highest BCUT2D eigenvalue weighted by Crippen LogP contribution is 2.44. The smallest absolute Gasteiger partial charge is 0.246 e. The van der Waals surface area contributed by atoms with Gasteiger partial charge in [0.1, 0.15) is 0 Å². The fraction of sp³-hybridized carbons (Fsp3) is 0.565. The van der Waals surface area contributed by atoms with E-state index in [9.17, 15) is 9.59 Å². The number of benzene rings is 1. The summed E-state index contributed by atoms with van der Waals surface area (Å²) >= 11 is 0. The zero-order valence-corrected chi connectivity index (χ0v) is 16.7. The van der Waals surface area contributed by atoms with Crippen LogP contribution in [0.2, 0.25) is 0 Å². The van der Waals surface area contributed by atoms with Crippen molar-refractivity contribution >= 4 is 17.9 Å². The average molecular weight is 369 g/mol. The van der Waals surface area contributed by atoms with Gasteiger partial charge < -0.3 is 9.80 Å². The molecule has 27 heavy (non-hydrogen) atoms. The number of hydrogen-bond acceptors (Lipinski definition) is 2. The summed E-state index contributed by atoms with van der Waals surface area (Å²) in [5.41, 5.74) is 0.630. The largest absolute Gasteiger partial charge is 0.342 e. The van der Waals surface area contributed by atoms with Gasteiger partial charge in [0.05, 0.1) is 5.41 Å². The topological polar surface area (TPSA) is 40.6 Å². The number of nitrogens with zero attached hydrogens (tertiary/aromatic N) is 2. The van der Waals surface area contributed by atoms with E-state index in [4.69, 9.17) is 0 Å². The van der Waals surface area contributed by atoms with Crippen LogP contribution in [0, 0.1) is 5.41 Å². The molecular formula is C23H32N2O2. The summed E-state index contributed by atoms with van der Waals surface area (Å²) in [6.45, 7) is 6.70. The van der Waals surface area contributed by atoms with E-state index in [2.05, 4.69) is 18.7 Å². The third-order valence-electron chi connectivity index (χ3n) is 6.34. The van der Waals surface area contributed by atoms with Crippen molar-refractivity contribution in [2.24, 2.45) is 5.41 Å². The molecule has 2 saturated heterocycles. The second-order valence-electron chi connectivity index (χ2n) is 7.96. The van der Waals surface area contributed by atoms with Crippen LogP contribution in [0.4, 0.5) is 0 Å². The summed E-state index contributed by atoms with van der Waals surface area (Å²) < 4.78 is 0. The van der Waals surface area contributed by atoms with Crippen molar-refractivity contribution in [3.63, 3.8) is 0 Å². The molecule has 3 rings (SSSR count). The Morgan fingerprint density at radius 1 is 1.19 bits per heavy atom. The van der Waals surface area contributed by atoms with Crippen LogP contribution in [-0.4, -0.2) is 47.3 Å². The molecule has 0 N–H and O–H groups in total. The molecule has 0 radical (unpaired) electrons. The first-order chi connectivity index (χ1) is 13.1. The Hall–Kier alpha value is -2.10. The number of amides is 2. The standard InChI is InChI=1S/C23H32N2O2/c1-3-4-16-24-17-8-14-23(22(24)27)15-9-18-25(19(23)2)21(26)13-12-20-10-6-5-7-11-20/h5-7,10-13,19H,3-4,8-9,14-18H2,1-2H3/t19-,23+/m1/s1. The molecular weight excluding hydrogens is 336 g/mol. The van der Waals surface area contributed by atoms with E-state index in [-0.39, 0.29) is 23.3 Å². The maximum atomic E-state index is 13.3. The van der Waals surface area contributed by atoms with Crippen molar-refractivity contribution in [1.29, 1.82) is 0 Å². The highest BCUT2D eigenvalue weighted by molar-refractivity contribution is 5.93. The molecule has 4 heteroatoms. The second-order valence-corrected chi connectivity index (χ2v) is 7.96. The molecule has 0 aromatic heterocycles. The third kappa shape index (κ3) is 4.10. The van der Waals surface area contributed by atoms with Gasteiger partial charge in [0.2, 0.25) is 11.8 Å². The van der Waals surface area contributed by atoms with Crippen molar-refractivity contribution in [3.8, 4) is 0 Å². The van der Waals surface area contributed by atoms with E-state index < -0.39 is 0 Å². The lowest BCUT2D eigenvalue weighted by Crippen LogP contribution is -2.61. The van der Waals surface area contributed by atoms with Crippen molar-refractivity contribution in [2.75, 3.05) is 19.6 Å². The molecule has 2 amide bonds. The molecule has 2 heterocycles. The minimum Gasteiger partial charge on any atom is -0.342 e. The molecule has 1 aromatic carbocycles. The molecule has 2 aliphatic heterocycles. The minimum absolute atomic E-state index is 0.0175. The summed E-state index contributed by atoms with van der Waals surface area (Å²) in [6.07, 6.45) is 9.44. The highest BCUT2D eigenvalue weighted by Gasteiger charge is 2.51. The maximum Gasteiger partial charge on any atom is 0.246 e. The number of carbonyl (C=O) groups excluding carboxylic acids is 2. The average Bonchev–Trinajstić information content (AvgIpc) is 2.70. The number of carbonyl (C=O) groups is 2. The van der Waals surface area contributed by atoms with E-state index in [1.165, 1.54) is 0 Å². The summed E-state index contributed by atoms with van der Waals surface area (Å²) in [5.74, 6) is 0.295. The summed E-state index contributed by atoms with van der Waals surface area (Å²) in [6, 6.07) is 9.83. The first kappa shape index (κ1) is 19.7. The molecule has 1 spiro atoms. The Bertz CT molecular complexity index is 681. The highest BCUT2D eigenvalue weighted by atomic mass is 16.2. The van der Waals surface area contributed by atoms with Gasteiger partial charge in [-0.3, -0.25) is 9.59 Å². The molecule has 1 aromatic rings. The molecule has 0 unspecified atom stereocenters. The molecule has 0 bridgehead atoms. The van der Waals surface area contributed by atoms with Crippen LogP contribution in [-0.2, 0) is 9.59 Å². The molecule has 4 nitrogen and oxygen atoms in total. The predicted octanol–water partition coefficient (Wildman–Crippen LogP) is 4.12. The Labute approximate surface area is 163 Å². The van der Waals surface area contributed by atoms with Gasteiger partial charge in [0.15, 0.2) is 0 Å². The van der Waals surface area contributed by atoms with E-state index >= 15 is 0 Å². The van der Waals surface area contributed by atoms with Gasteiger partial charge in [0, 0.05) is 31.8 Å². The molecule has 2 aliphatic rings. The number of rotatable bonds is 5. The number of hydrogen-bond donors (Lipinski definition) is 0. The van der Waals surface area contributed by atoms with Crippen LogP contribution < -0.4 is 0 Å². The van der Waals surface area contributed by atoms with E-state index in [1.807, 2.05) is 41.3 Å². The first-order valence-electron chi connectivity index (χ1n) is 10.4. The normalized spacial score (nSPS) is 26.1. The zero-order chi connectivity index (χ0) is 19.3. The Morgan fingerprint density at radius 3 is 2.59 bits per heavy atom. The van der Waals surface area contributed by atoms with Crippen molar-refractivity contribution in [3.05, 3.63) is 42.0 Å². The van der Waals surface area contributed by atoms with Gasteiger partial charge >= 0.3 is 0 Å². The van der Waals surface area contributed by atoms with Gasteiger partial charge in [-0.2, -0.15) is 0 Å². The molecule has 2 atom stereocenters. The lowest BCUT2D eigenvalue weighted by atomic mass is 9.67. The van der Waals surface area contributed by atoms with Gasteiger partial charge in [-0.25, -0.2) is 0 Å². The molecule has 146 valence electrons. The molecule has 0 saturated carbocycles. The van der Waals surface area contributed by atoms with Crippen LogP contribution in [0.15, 0.2) is 36.4 Å². The fourth-order valence-corrected chi connectivity index (χ4v) is 4.68.